The molecule has 1 aromatic heterocycles. The number of nitrogens with zero attached hydrogens (tertiary/aromatic N) is 1. The number of carboxylic acid groups (broad SMARTS) is 1. The van der Waals surface area contributed by atoms with Crippen molar-refractivity contribution in [1.82, 2.24) is 10.3 Å². The number of carboxylic acids is 1. The number of amides is 1. The van der Waals surface area contributed by atoms with Gasteiger partial charge in [0.15, 0.2) is 5.69 Å². The number of benzene rings is 1. The van der Waals surface area contributed by atoms with Crippen LogP contribution in [0.1, 0.15) is 31.4 Å². The van der Waals surface area contributed by atoms with Gasteiger partial charge in [0.2, 0.25) is 0 Å². The third kappa shape index (κ3) is 3.82. The highest BCUT2D eigenvalue weighted by atomic mass is 32.1. The number of aryl methyl sites for hydroxylation is 1. The standard InChI is InChI=1S/C15H16N2O4S/c1-9-3-4-10(7-12(9)21-2)14(18)16-6-5-13-17-11(8-22-13)15(19)20/h3-4,7-8H,5-6H2,1-2H3,(H,16,18)(H,19,20). The van der Waals surface area contributed by atoms with Crippen LogP contribution in [-0.4, -0.2) is 35.6 Å². The summed E-state index contributed by atoms with van der Waals surface area (Å²) in [6.45, 7) is 2.30. The van der Waals surface area contributed by atoms with E-state index >= 15 is 0 Å². The zero-order valence-corrected chi connectivity index (χ0v) is 13.1. The minimum atomic E-state index is -1.04. The largest absolute Gasteiger partial charge is 0.496 e. The molecule has 1 aromatic carbocycles. The Morgan fingerprint density at radius 3 is 2.82 bits per heavy atom. The number of rotatable bonds is 6. The van der Waals surface area contributed by atoms with E-state index in [9.17, 15) is 9.59 Å². The summed E-state index contributed by atoms with van der Waals surface area (Å²) in [5, 5.41) is 13.7. The van der Waals surface area contributed by atoms with Gasteiger partial charge in [-0.2, -0.15) is 0 Å². The summed E-state index contributed by atoms with van der Waals surface area (Å²) in [6.07, 6.45) is 0.493. The molecule has 0 saturated carbocycles. The summed E-state index contributed by atoms with van der Waals surface area (Å²) in [5.41, 5.74) is 1.52. The molecular weight excluding hydrogens is 304 g/mol. The van der Waals surface area contributed by atoms with E-state index in [2.05, 4.69) is 10.3 Å². The van der Waals surface area contributed by atoms with Crippen LogP contribution in [0.5, 0.6) is 5.75 Å². The summed E-state index contributed by atoms with van der Waals surface area (Å²) in [4.78, 5) is 26.7. The second kappa shape index (κ2) is 7.04. The molecule has 2 rings (SSSR count). The number of ether oxygens (including phenoxy) is 1. The average Bonchev–Trinajstić information content (AvgIpc) is 2.96. The maximum atomic E-state index is 12.0. The highest BCUT2D eigenvalue weighted by molar-refractivity contribution is 7.09. The van der Waals surface area contributed by atoms with Crippen molar-refractivity contribution in [3.8, 4) is 5.75 Å². The number of hydrogen-bond acceptors (Lipinski definition) is 5. The number of methoxy groups -OCH3 is 1. The lowest BCUT2D eigenvalue weighted by atomic mass is 10.1. The van der Waals surface area contributed by atoms with Gasteiger partial charge in [0.25, 0.3) is 5.91 Å². The Morgan fingerprint density at radius 2 is 2.18 bits per heavy atom. The molecule has 6 nitrogen and oxygen atoms in total. The number of carbonyl (C=O) groups is 2. The molecule has 0 bridgehead atoms. The van der Waals surface area contributed by atoms with Gasteiger partial charge in [-0.3, -0.25) is 4.79 Å². The molecule has 0 aliphatic carbocycles. The van der Waals surface area contributed by atoms with E-state index in [1.54, 1.807) is 19.2 Å². The second-order valence-corrected chi connectivity index (χ2v) is 5.56. The van der Waals surface area contributed by atoms with E-state index < -0.39 is 5.97 Å². The molecular formula is C15H16N2O4S. The lowest BCUT2D eigenvalue weighted by Crippen LogP contribution is -2.25. The number of carbonyl (C=O) groups excluding carboxylic acids is 1. The first-order chi connectivity index (χ1) is 10.5. The molecule has 0 aliphatic rings. The van der Waals surface area contributed by atoms with Crippen LogP contribution in [0.25, 0.3) is 0 Å². The van der Waals surface area contributed by atoms with Crippen LogP contribution in [0.3, 0.4) is 0 Å². The van der Waals surface area contributed by atoms with Crippen molar-refractivity contribution in [2.24, 2.45) is 0 Å². The smallest absolute Gasteiger partial charge is 0.355 e. The van der Waals surface area contributed by atoms with Crippen LogP contribution in [0, 0.1) is 6.92 Å². The predicted molar refractivity (Wildman–Crippen MR) is 82.8 cm³/mol. The molecule has 7 heteroatoms. The SMILES string of the molecule is COc1cc(C(=O)NCCc2nc(C(=O)O)cs2)ccc1C. The maximum Gasteiger partial charge on any atom is 0.355 e. The van der Waals surface area contributed by atoms with Crippen LogP contribution in [0.4, 0.5) is 0 Å². The quantitative estimate of drug-likeness (QED) is 0.851. The van der Waals surface area contributed by atoms with E-state index in [1.807, 2.05) is 13.0 Å². The van der Waals surface area contributed by atoms with Gasteiger partial charge in [0.05, 0.1) is 12.1 Å². The highest BCUT2D eigenvalue weighted by Gasteiger charge is 2.10. The normalized spacial score (nSPS) is 10.3. The third-order valence-electron chi connectivity index (χ3n) is 3.07. The summed E-state index contributed by atoms with van der Waals surface area (Å²) in [5.74, 6) is -0.578. The Labute approximate surface area is 131 Å². The van der Waals surface area contributed by atoms with Crippen LogP contribution in [0.15, 0.2) is 23.6 Å². The van der Waals surface area contributed by atoms with Crippen LogP contribution in [0.2, 0.25) is 0 Å². The fourth-order valence-electron chi connectivity index (χ4n) is 1.87. The van der Waals surface area contributed by atoms with Crippen molar-refractivity contribution >= 4 is 23.2 Å². The Hall–Kier alpha value is -2.41. The molecule has 22 heavy (non-hydrogen) atoms. The van der Waals surface area contributed by atoms with Gasteiger partial charge < -0.3 is 15.2 Å². The molecule has 0 aliphatic heterocycles. The van der Waals surface area contributed by atoms with Gasteiger partial charge in [0, 0.05) is 23.9 Å². The third-order valence-corrected chi connectivity index (χ3v) is 3.97. The van der Waals surface area contributed by atoms with E-state index in [-0.39, 0.29) is 11.6 Å². The number of aromatic carboxylic acids is 1. The summed E-state index contributed by atoms with van der Waals surface area (Å²) < 4.78 is 5.19. The topological polar surface area (TPSA) is 88.5 Å². The van der Waals surface area contributed by atoms with Gasteiger partial charge >= 0.3 is 5.97 Å². The molecule has 116 valence electrons. The fraction of sp³-hybridized carbons (Fsp3) is 0.267. The Bertz CT molecular complexity index is 697. The van der Waals surface area contributed by atoms with Gasteiger partial charge in [-0.05, 0) is 24.6 Å². The zero-order valence-electron chi connectivity index (χ0n) is 12.3. The molecule has 0 fully saturated rings. The molecule has 2 N–H and O–H groups in total. The van der Waals surface area contributed by atoms with Crippen molar-refractivity contribution in [3.63, 3.8) is 0 Å². The Kier molecular flexibility index (Phi) is 5.11. The number of aromatic nitrogens is 1. The van der Waals surface area contributed by atoms with Crippen LogP contribution < -0.4 is 10.1 Å². The summed E-state index contributed by atoms with van der Waals surface area (Å²) in [6, 6.07) is 5.25. The molecule has 1 heterocycles. The number of hydrogen-bond donors (Lipinski definition) is 2. The lowest BCUT2D eigenvalue weighted by Gasteiger charge is -2.08. The van der Waals surface area contributed by atoms with Crippen molar-refractivity contribution in [1.29, 1.82) is 0 Å². The fourth-order valence-corrected chi connectivity index (χ4v) is 2.64. The maximum absolute atomic E-state index is 12.0. The lowest BCUT2D eigenvalue weighted by molar-refractivity contribution is 0.0690. The van der Waals surface area contributed by atoms with E-state index in [0.717, 1.165) is 5.56 Å². The molecule has 2 aromatic rings. The van der Waals surface area contributed by atoms with Gasteiger partial charge in [-0.1, -0.05) is 6.07 Å². The van der Waals surface area contributed by atoms with Crippen molar-refractivity contribution in [2.75, 3.05) is 13.7 Å². The molecule has 0 unspecified atom stereocenters. The summed E-state index contributed by atoms with van der Waals surface area (Å²) >= 11 is 1.27. The van der Waals surface area contributed by atoms with E-state index in [4.69, 9.17) is 9.84 Å². The second-order valence-electron chi connectivity index (χ2n) is 4.62. The molecule has 0 saturated heterocycles. The number of nitrogens with one attached hydrogen (secondary N) is 1. The van der Waals surface area contributed by atoms with Crippen molar-refractivity contribution in [2.45, 2.75) is 13.3 Å². The first-order valence-electron chi connectivity index (χ1n) is 6.62. The highest BCUT2D eigenvalue weighted by Crippen LogP contribution is 2.18. The molecule has 1 amide bonds. The van der Waals surface area contributed by atoms with Crippen LogP contribution >= 0.6 is 11.3 Å². The molecule has 0 radical (unpaired) electrons. The minimum Gasteiger partial charge on any atom is -0.496 e. The Balaban J connectivity index is 1.91. The van der Waals surface area contributed by atoms with Crippen molar-refractivity contribution in [3.05, 3.63) is 45.4 Å². The Morgan fingerprint density at radius 1 is 1.41 bits per heavy atom. The predicted octanol–water partition coefficient (Wildman–Crippen LogP) is 2.13. The van der Waals surface area contributed by atoms with E-state index in [0.29, 0.717) is 29.3 Å². The van der Waals surface area contributed by atoms with Gasteiger partial charge in [-0.25, -0.2) is 9.78 Å². The molecule has 0 spiro atoms. The van der Waals surface area contributed by atoms with Gasteiger partial charge in [-0.15, -0.1) is 11.3 Å². The summed E-state index contributed by atoms with van der Waals surface area (Å²) in [7, 11) is 1.56. The van der Waals surface area contributed by atoms with Crippen LogP contribution in [-0.2, 0) is 6.42 Å². The zero-order chi connectivity index (χ0) is 16.1. The molecule has 0 atom stereocenters. The first-order valence-corrected chi connectivity index (χ1v) is 7.49. The van der Waals surface area contributed by atoms with Crippen molar-refractivity contribution < 1.29 is 19.4 Å². The number of thiazole rings is 1. The first kappa shape index (κ1) is 16.0. The van der Waals surface area contributed by atoms with Gasteiger partial charge in [0.1, 0.15) is 5.75 Å². The van der Waals surface area contributed by atoms with E-state index in [1.165, 1.54) is 16.7 Å². The monoisotopic (exact) mass is 320 g/mol. The average molecular weight is 320 g/mol. The minimum absolute atomic E-state index is 0.0367.